The molecule has 0 atom stereocenters. The number of nitrogens with zero attached hydrogens (tertiary/aromatic N) is 1. The lowest BCUT2D eigenvalue weighted by Gasteiger charge is -1.93. The van der Waals surface area contributed by atoms with Gasteiger partial charge in [-0.3, -0.25) is 4.79 Å². The van der Waals surface area contributed by atoms with Crippen LogP contribution in [0.5, 0.6) is 0 Å². The topological polar surface area (TPSA) is 40.9 Å². The van der Waals surface area contributed by atoms with Crippen LogP contribution in [0.25, 0.3) is 0 Å². The van der Waals surface area contributed by atoms with Gasteiger partial charge in [-0.15, -0.1) is 0 Å². The Bertz CT molecular complexity index is 162. The Balaban J connectivity index is 3.81. The molecular formula is C7H9NO. The number of hydrogen-bond acceptors (Lipinski definition) is 2. The van der Waals surface area contributed by atoms with E-state index in [9.17, 15) is 4.79 Å². The van der Waals surface area contributed by atoms with E-state index in [0.717, 1.165) is 0 Å². The fourth-order valence-corrected chi connectivity index (χ4v) is 0.312. The third-order valence-electron chi connectivity index (χ3n) is 0.891. The van der Waals surface area contributed by atoms with Crippen molar-refractivity contribution in [2.45, 2.75) is 13.8 Å². The van der Waals surface area contributed by atoms with Crippen LogP contribution >= 0.6 is 0 Å². The van der Waals surface area contributed by atoms with Gasteiger partial charge in [-0.1, -0.05) is 13.8 Å². The minimum atomic E-state index is -0.00500. The monoisotopic (exact) mass is 123 g/mol. The summed E-state index contributed by atoms with van der Waals surface area (Å²) in [5.74, 6) is -0.00819. The van der Waals surface area contributed by atoms with Crippen molar-refractivity contribution < 1.29 is 4.79 Å². The number of carbonyl (C=O) groups excluding carboxylic acids is 1. The normalized spacial score (nSPS) is 10.0. The first-order valence-electron chi connectivity index (χ1n) is 2.78. The molecule has 0 heterocycles. The Kier molecular flexibility index (Phi) is 3.38. The largest absolute Gasteiger partial charge is 0.295 e. The van der Waals surface area contributed by atoms with Gasteiger partial charge in [0.2, 0.25) is 0 Å². The Hall–Kier alpha value is -1.10. The van der Waals surface area contributed by atoms with Gasteiger partial charge < -0.3 is 0 Å². The molecule has 0 N–H and O–H groups in total. The molecule has 48 valence electrons. The summed E-state index contributed by atoms with van der Waals surface area (Å²) in [6.07, 6.45) is 2.49. The molecule has 0 aromatic rings. The number of allylic oxidation sites excluding steroid dienone is 2. The van der Waals surface area contributed by atoms with E-state index in [1.165, 1.54) is 12.2 Å². The fraction of sp³-hybridized carbons (Fsp3) is 0.429. The van der Waals surface area contributed by atoms with Gasteiger partial charge in [0.1, 0.15) is 0 Å². The first kappa shape index (κ1) is 7.90. The maximum atomic E-state index is 10.7. The second-order valence-corrected chi connectivity index (χ2v) is 2.02. The van der Waals surface area contributed by atoms with Crippen molar-refractivity contribution in [2.75, 3.05) is 0 Å². The van der Waals surface area contributed by atoms with Crippen molar-refractivity contribution in [3.63, 3.8) is 0 Å². The van der Waals surface area contributed by atoms with Gasteiger partial charge in [0.25, 0.3) is 0 Å². The molecular weight excluding hydrogens is 114 g/mol. The highest BCUT2D eigenvalue weighted by Gasteiger charge is 1.99. The highest BCUT2D eigenvalue weighted by atomic mass is 16.1. The number of carbonyl (C=O) groups is 1. The molecule has 0 aliphatic heterocycles. The van der Waals surface area contributed by atoms with Crippen molar-refractivity contribution in [3.05, 3.63) is 12.2 Å². The minimum Gasteiger partial charge on any atom is -0.295 e. The van der Waals surface area contributed by atoms with E-state index in [2.05, 4.69) is 0 Å². The number of ketones is 1. The van der Waals surface area contributed by atoms with Crippen molar-refractivity contribution >= 4 is 5.78 Å². The van der Waals surface area contributed by atoms with Crippen LogP contribution in [0.2, 0.25) is 0 Å². The smallest absolute Gasteiger partial charge is 0.158 e. The molecule has 0 fully saturated rings. The van der Waals surface area contributed by atoms with E-state index >= 15 is 0 Å². The summed E-state index contributed by atoms with van der Waals surface area (Å²) in [5.41, 5.74) is 0. The minimum absolute atomic E-state index is 0.00319. The Morgan fingerprint density at radius 3 is 2.56 bits per heavy atom. The van der Waals surface area contributed by atoms with Gasteiger partial charge in [0.05, 0.1) is 6.07 Å². The van der Waals surface area contributed by atoms with Crippen LogP contribution in [0.1, 0.15) is 13.8 Å². The molecule has 0 bridgehead atoms. The van der Waals surface area contributed by atoms with Crippen molar-refractivity contribution in [1.29, 1.82) is 5.26 Å². The Labute approximate surface area is 54.8 Å². The molecule has 0 saturated heterocycles. The molecule has 0 aromatic heterocycles. The summed E-state index contributed by atoms with van der Waals surface area (Å²) in [6.45, 7) is 3.59. The number of hydrogen-bond donors (Lipinski definition) is 0. The lowest BCUT2D eigenvalue weighted by Crippen LogP contribution is -2.01. The molecule has 0 aliphatic carbocycles. The van der Waals surface area contributed by atoms with Crippen LogP contribution in [0.4, 0.5) is 0 Å². The molecule has 0 aliphatic rings. The van der Waals surface area contributed by atoms with E-state index in [1.54, 1.807) is 19.9 Å². The van der Waals surface area contributed by atoms with Gasteiger partial charge in [0.15, 0.2) is 5.78 Å². The van der Waals surface area contributed by atoms with E-state index in [4.69, 9.17) is 5.26 Å². The maximum absolute atomic E-state index is 10.7. The van der Waals surface area contributed by atoms with Crippen molar-refractivity contribution in [2.24, 2.45) is 5.92 Å². The van der Waals surface area contributed by atoms with Crippen LogP contribution < -0.4 is 0 Å². The molecule has 0 amide bonds. The van der Waals surface area contributed by atoms with E-state index < -0.39 is 0 Å². The molecule has 0 saturated carbocycles. The number of rotatable bonds is 2. The second kappa shape index (κ2) is 3.85. The van der Waals surface area contributed by atoms with E-state index in [-0.39, 0.29) is 11.7 Å². The molecule has 2 nitrogen and oxygen atoms in total. The summed E-state index contributed by atoms with van der Waals surface area (Å²) in [4.78, 5) is 10.7. The zero-order valence-corrected chi connectivity index (χ0v) is 5.59. The molecule has 0 rings (SSSR count). The van der Waals surface area contributed by atoms with Gasteiger partial charge in [-0.2, -0.15) is 5.26 Å². The van der Waals surface area contributed by atoms with Crippen LogP contribution in [0, 0.1) is 17.2 Å². The fourth-order valence-electron chi connectivity index (χ4n) is 0.312. The average Bonchev–Trinajstić information content (AvgIpc) is 1.82. The summed E-state index contributed by atoms with van der Waals surface area (Å²) in [7, 11) is 0. The summed E-state index contributed by atoms with van der Waals surface area (Å²) in [5, 5.41) is 8.01. The predicted octanol–water partition coefficient (Wildman–Crippen LogP) is 1.29. The van der Waals surface area contributed by atoms with Gasteiger partial charge in [-0.05, 0) is 6.08 Å². The lowest BCUT2D eigenvalue weighted by molar-refractivity contribution is -0.117. The maximum Gasteiger partial charge on any atom is 0.158 e. The zero-order chi connectivity index (χ0) is 7.28. The SMILES string of the molecule is CC(C)C(=O)/C=C\C#N. The van der Waals surface area contributed by atoms with Crippen LogP contribution in [0.15, 0.2) is 12.2 Å². The highest BCUT2D eigenvalue weighted by Crippen LogP contribution is 1.93. The number of nitriles is 1. The molecule has 0 aromatic carbocycles. The third-order valence-corrected chi connectivity index (χ3v) is 0.891. The lowest BCUT2D eigenvalue weighted by atomic mass is 10.1. The van der Waals surface area contributed by atoms with Gasteiger partial charge in [0, 0.05) is 12.0 Å². The zero-order valence-electron chi connectivity index (χ0n) is 5.59. The Morgan fingerprint density at radius 2 is 2.22 bits per heavy atom. The first-order valence-corrected chi connectivity index (χ1v) is 2.78. The molecule has 0 spiro atoms. The molecule has 2 heteroatoms. The predicted molar refractivity (Wildman–Crippen MR) is 34.6 cm³/mol. The standard InChI is InChI=1S/C7H9NO/c1-6(2)7(9)4-3-5-8/h3-4,6H,1-2H3/b4-3-. The van der Waals surface area contributed by atoms with Gasteiger partial charge in [-0.25, -0.2) is 0 Å². The molecule has 0 radical (unpaired) electrons. The quantitative estimate of drug-likeness (QED) is 0.410. The van der Waals surface area contributed by atoms with Gasteiger partial charge >= 0.3 is 0 Å². The van der Waals surface area contributed by atoms with Crippen LogP contribution in [-0.2, 0) is 4.79 Å². The third kappa shape index (κ3) is 3.48. The van der Waals surface area contributed by atoms with Crippen LogP contribution in [0.3, 0.4) is 0 Å². The highest BCUT2D eigenvalue weighted by molar-refractivity contribution is 5.91. The summed E-state index contributed by atoms with van der Waals surface area (Å²) < 4.78 is 0. The summed E-state index contributed by atoms with van der Waals surface area (Å²) in [6, 6.07) is 1.75. The summed E-state index contributed by atoms with van der Waals surface area (Å²) >= 11 is 0. The van der Waals surface area contributed by atoms with E-state index in [0.29, 0.717) is 0 Å². The Morgan fingerprint density at radius 1 is 1.67 bits per heavy atom. The van der Waals surface area contributed by atoms with E-state index in [1.807, 2.05) is 0 Å². The van der Waals surface area contributed by atoms with Crippen molar-refractivity contribution in [3.8, 4) is 6.07 Å². The average molecular weight is 123 g/mol. The second-order valence-electron chi connectivity index (χ2n) is 2.02. The first-order chi connectivity index (χ1) is 4.18. The van der Waals surface area contributed by atoms with Crippen molar-refractivity contribution in [1.82, 2.24) is 0 Å². The molecule has 9 heavy (non-hydrogen) atoms. The van der Waals surface area contributed by atoms with Crippen LogP contribution in [-0.4, -0.2) is 5.78 Å². The molecule has 0 unspecified atom stereocenters.